The Morgan fingerprint density at radius 3 is 2.25 bits per heavy atom. The Morgan fingerprint density at radius 1 is 2.00 bits per heavy atom. The van der Waals surface area contributed by atoms with E-state index < -0.39 is 0 Å². The van der Waals surface area contributed by atoms with Crippen LogP contribution in [-0.2, 0) is 9.63 Å². The largest absolute Gasteiger partial charge is 0.439 e. The van der Waals surface area contributed by atoms with Crippen LogP contribution < -0.4 is 5.90 Å². The maximum atomic E-state index is 8.64. The maximum Gasteiger partial charge on any atom is 0.439 e. The van der Waals surface area contributed by atoms with Crippen LogP contribution in [0.3, 0.4) is 0 Å². The molecular formula is CHNO2. The number of rotatable bonds is 1. The van der Waals surface area contributed by atoms with Gasteiger partial charge in [-0.15, -0.1) is 0 Å². The van der Waals surface area contributed by atoms with Gasteiger partial charge in [-0.1, -0.05) is 5.90 Å². The molecule has 0 aliphatic carbocycles. The van der Waals surface area contributed by atoms with Gasteiger partial charge in [0.1, 0.15) is 0 Å². The molecule has 0 aromatic heterocycles. The number of carbonyl (C=O) groups excluding carboxylic acids is 1. The fourth-order valence-corrected chi connectivity index (χ4v) is 0. The van der Waals surface area contributed by atoms with Gasteiger partial charge in [0.2, 0.25) is 0 Å². The van der Waals surface area contributed by atoms with Gasteiger partial charge in [-0.05, 0) is 0 Å². The van der Waals surface area contributed by atoms with Crippen molar-refractivity contribution in [2.75, 3.05) is 0 Å². The Labute approximate surface area is 23.3 Å². The van der Waals surface area contributed by atoms with Crippen LogP contribution in [0.1, 0.15) is 0 Å². The van der Waals surface area contributed by atoms with E-state index in [1.54, 1.807) is 0 Å². The second-order valence-corrected chi connectivity index (χ2v) is 0.185. The van der Waals surface area contributed by atoms with Crippen LogP contribution >= 0.6 is 0 Å². The summed E-state index contributed by atoms with van der Waals surface area (Å²) >= 11 is 0. The highest BCUT2D eigenvalue weighted by atomic mass is 16.6. The number of hydrogen-bond acceptors (Lipinski definition) is 2. The normalized spacial score (nSPS) is 5.25. The Balaban J connectivity index is 2.30. The fraction of sp³-hybridized carbons (Fsp3) is 0. The third-order valence-electron chi connectivity index (χ3n) is 0.0417. The van der Waals surface area contributed by atoms with Crippen molar-refractivity contribution in [1.29, 1.82) is 0 Å². The highest BCUT2D eigenvalue weighted by molar-refractivity contribution is 5.37. The molecule has 0 spiro atoms. The van der Waals surface area contributed by atoms with Gasteiger partial charge in [-0.25, -0.2) is 4.79 Å². The molecule has 1 N–H and O–H groups in total. The van der Waals surface area contributed by atoms with Crippen molar-refractivity contribution in [2.45, 2.75) is 0 Å². The average molecular weight is 59.0 g/mol. The number of hydrogen-bond donors (Lipinski definition) is 0. The molecule has 0 aromatic rings. The monoisotopic (exact) mass is 59.0 g/mol. The third-order valence-corrected chi connectivity index (χ3v) is 0.0417. The van der Waals surface area contributed by atoms with Crippen molar-refractivity contribution in [3.05, 3.63) is 0 Å². The highest BCUT2D eigenvalue weighted by Crippen LogP contribution is 1.31. The smallest absolute Gasteiger partial charge is 0.343 e. The van der Waals surface area contributed by atoms with E-state index in [4.69, 9.17) is 10.7 Å². The SMILES string of the molecule is [NH]O[C]=O. The lowest BCUT2D eigenvalue weighted by atomic mass is 11.6. The topological polar surface area (TPSA) is 50.1 Å². The van der Waals surface area contributed by atoms with E-state index in [0.29, 0.717) is 0 Å². The minimum atomic E-state index is 0.847. The van der Waals surface area contributed by atoms with Crippen LogP contribution in [0.5, 0.6) is 0 Å². The average Bonchev–Trinajstić information content (AvgIpc) is 1.37. The highest BCUT2D eigenvalue weighted by Gasteiger charge is 1.53. The number of nitrogens with one attached hydrogen (secondary N) is 1. The van der Waals surface area contributed by atoms with Crippen LogP contribution in [0.15, 0.2) is 0 Å². The molecule has 4 heavy (non-hydrogen) atoms. The molecule has 0 atom stereocenters. The summed E-state index contributed by atoms with van der Waals surface area (Å²) in [5, 5.41) is 0. The molecule has 22 valence electrons. The minimum absolute atomic E-state index is 0.847. The summed E-state index contributed by atoms with van der Waals surface area (Å²) in [6.07, 6.45) is 0. The van der Waals surface area contributed by atoms with Crippen molar-refractivity contribution in [3.8, 4) is 0 Å². The third kappa shape index (κ3) is 1.43. The van der Waals surface area contributed by atoms with E-state index in [0.717, 1.165) is 6.47 Å². The molecule has 0 fully saturated rings. The quantitative estimate of drug-likeness (QED) is 0.374. The standard InChI is InChI=1S/CHNO2/c2-4-1-3/h2H. The summed E-state index contributed by atoms with van der Waals surface area (Å²) in [6.45, 7) is 0.847. The zero-order chi connectivity index (χ0) is 3.41. The van der Waals surface area contributed by atoms with E-state index in [1.165, 1.54) is 0 Å². The molecular weight excluding hydrogens is 58.0 g/mol. The second-order valence-electron chi connectivity index (χ2n) is 0.185. The van der Waals surface area contributed by atoms with E-state index in [9.17, 15) is 0 Å². The predicted octanol–water partition coefficient (Wildman–Crippen LogP) is -0.732. The Bertz CT molecular complexity index is 20.0. The lowest BCUT2D eigenvalue weighted by Gasteiger charge is -1.59. The van der Waals surface area contributed by atoms with Gasteiger partial charge >= 0.3 is 6.47 Å². The molecule has 0 aliphatic heterocycles. The summed E-state index contributed by atoms with van der Waals surface area (Å²) in [7, 11) is 0. The van der Waals surface area contributed by atoms with Crippen LogP contribution in [0, 0.1) is 0 Å². The van der Waals surface area contributed by atoms with E-state index in [1.807, 2.05) is 0 Å². The first-order valence-corrected chi connectivity index (χ1v) is 0.612. The van der Waals surface area contributed by atoms with Crippen LogP contribution in [0.25, 0.3) is 0 Å². The Kier molecular flexibility index (Phi) is 2.08. The molecule has 3 nitrogen and oxygen atoms in total. The Morgan fingerprint density at radius 2 is 2.25 bits per heavy atom. The molecule has 2 radical (unpaired) electrons. The molecule has 0 saturated heterocycles. The lowest BCUT2D eigenvalue weighted by Crippen LogP contribution is -1.74. The Hall–Kier alpha value is -0.570. The predicted molar refractivity (Wildman–Crippen MR) is 9.88 cm³/mol. The zero-order valence-corrected chi connectivity index (χ0v) is 1.82. The molecule has 0 bridgehead atoms. The molecule has 0 saturated carbocycles. The summed E-state index contributed by atoms with van der Waals surface area (Å²) < 4.78 is 0. The summed E-state index contributed by atoms with van der Waals surface area (Å²) in [5.74, 6) is 5.53. The van der Waals surface area contributed by atoms with Crippen molar-refractivity contribution < 1.29 is 9.63 Å². The van der Waals surface area contributed by atoms with Gasteiger partial charge in [-0.3, -0.25) is 0 Å². The molecule has 0 unspecified atom stereocenters. The summed E-state index contributed by atoms with van der Waals surface area (Å²) in [4.78, 5) is 11.6. The fourth-order valence-electron chi connectivity index (χ4n) is 0. The molecule has 0 aromatic carbocycles. The van der Waals surface area contributed by atoms with Gasteiger partial charge < -0.3 is 4.84 Å². The van der Waals surface area contributed by atoms with Gasteiger partial charge in [0, 0.05) is 0 Å². The van der Waals surface area contributed by atoms with Gasteiger partial charge in [0.15, 0.2) is 0 Å². The van der Waals surface area contributed by atoms with Gasteiger partial charge in [-0.2, -0.15) is 0 Å². The second kappa shape index (κ2) is 2.43. The molecule has 0 aliphatic rings. The van der Waals surface area contributed by atoms with Crippen LogP contribution in [0.4, 0.5) is 0 Å². The van der Waals surface area contributed by atoms with Crippen molar-refractivity contribution in [1.82, 2.24) is 5.90 Å². The molecule has 0 rings (SSSR count). The molecule has 3 heteroatoms. The van der Waals surface area contributed by atoms with E-state index in [2.05, 4.69) is 4.84 Å². The van der Waals surface area contributed by atoms with Crippen LogP contribution in [-0.4, -0.2) is 6.47 Å². The van der Waals surface area contributed by atoms with Gasteiger partial charge in [0.25, 0.3) is 0 Å². The molecule has 0 heterocycles. The van der Waals surface area contributed by atoms with E-state index in [-0.39, 0.29) is 0 Å². The van der Waals surface area contributed by atoms with Crippen molar-refractivity contribution >= 4 is 6.47 Å². The van der Waals surface area contributed by atoms with Gasteiger partial charge in [0.05, 0.1) is 0 Å². The maximum absolute atomic E-state index is 8.64. The minimum Gasteiger partial charge on any atom is -0.343 e. The van der Waals surface area contributed by atoms with Crippen molar-refractivity contribution in [2.24, 2.45) is 0 Å². The summed E-state index contributed by atoms with van der Waals surface area (Å²) in [6, 6.07) is 0. The summed E-state index contributed by atoms with van der Waals surface area (Å²) in [5.41, 5.74) is 0. The first kappa shape index (κ1) is 3.43. The first-order chi connectivity index (χ1) is 1.91. The lowest BCUT2D eigenvalue weighted by molar-refractivity contribution is 0.268. The van der Waals surface area contributed by atoms with Crippen LogP contribution in [0.2, 0.25) is 0 Å². The van der Waals surface area contributed by atoms with E-state index >= 15 is 0 Å². The zero-order valence-electron chi connectivity index (χ0n) is 1.82. The molecule has 0 amide bonds. The first-order valence-electron chi connectivity index (χ1n) is 0.612. The van der Waals surface area contributed by atoms with Crippen molar-refractivity contribution in [3.63, 3.8) is 0 Å².